The largest absolute Gasteiger partial charge is 0.351 e. The number of aromatic amines is 1. The number of likely N-dealkylation sites (tertiary alicyclic amines) is 1. The fourth-order valence-corrected chi connectivity index (χ4v) is 4.14. The normalized spacial score (nSPS) is 21.9. The average Bonchev–Trinajstić information content (AvgIpc) is 3.20. The Balaban J connectivity index is 0.000000346. The van der Waals surface area contributed by atoms with Gasteiger partial charge in [-0.15, -0.1) is 0 Å². The number of rotatable bonds is 1. The molecule has 0 aliphatic carbocycles. The van der Waals surface area contributed by atoms with E-state index in [-0.39, 0.29) is 5.56 Å². The number of likely N-dealkylation sites (N-methyl/N-ethyl adjacent to an activating group) is 1. The third kappa shape index (κ3) is 3.60. The zero-order chi connectivity index (χ0) is 20.1. The topological polar surface area (TPSA) is 107 Å². The van der Waals surface area contributed by atoms with Crippen LogP contribution in [0.4, 0.5) is 5.82 Å². The zero-order valence-corrected chi connectivity index (χ0v) is 16.5. The van der Waals surface area contributed by atoms with Crippen molar-refractivity contribution in [3.63, 3.8) is 0 Å². The van der Waals surface area contributed by atoms with Crippen LogP contribution in [0.15, 0.2) is 41.2 Å². The first-order valence-electron chi connectivity index (χ1n) is 9.02. The van der Waals surface area contributed by atoms with E-state index in [1.54, 1.807) is 0 Å². The standard InChI is InChI=1S/C18H18N4O.CH4O3S/c1-21-9-12-8-11(21)10-22(12)16-7-6-15-17(20-16)13-4-2-3-5-14(13)18(23)19-15;1-5(2,3)4/h2-7,11-12H,8-10H2,1H3,(H,19,23);1H3,(H,2,3,4)/t11-,12-;/m1./s1. The van der Waals surface area contributed by atoms with E-state index in [0.717, 1.165) is 35.3 Å². The number of pyridine rings is 2. The van der Waals surface area contributed by atoms with Crippen molar-refractivity contribution in [2.45, 2.75) is 18.5 Å². The number of anilines is 1. The van der Waals surface area contributed by atoms with Crippen LogP contribution < -0.4 is 10.5 Å². The van der Waals surface area contributed by atoms with Crippen LogP contribution in [-0.2, 0) is 10.1 Å². The fraction of sp³-hybridized carbons (Fsp3) is 0.368. The maximum absolute atomic E-state index is 12.2. The molecule has 0 unspecified atom stereocenters. The zero-order valence-electron chi connectivity index (χ0n) is 15.7. The van der Waals surface area contributed by atoms with Gasteiger partial charge >= 0.3 is 0 Å². The molecule has 2 N–H and O–H groups in total. The molecule has 28 heavy (non-hydrogen) atoms. The minimum Gasteiger partial charge on any atom is -0.351 e. The molecular formula is C19H22N4O4S. The van der Waals surface area contributed by atoms with E-state index < -0.39 is 10.1 Å². The Morgan fingerprint density at radius 2 is 1.79 bits per heavy atom. The Kier molecular flexibility index (Phi) is 4.60. The van der Waals surface area contributed by atoms with Gasteiger partial charge < -0.3 is 9.88 Å². The second kappa shape index (κ2) is 6.84. The van der Waals surface area contributed by atoms with E-state index in [2.05, 4.69) is 21.8 Å². The molecule has 2 atom stereocenters. The number of hydrogen-bond acceptors (Lipinski definition) is 6. The van der Waals surface area contributed by atoms with Crippen LogP contribution in [0.3, 0.4) is 0 Å². The first-order valence-corrected chi connectivity index (χ1v) is 10.9. The van der Waals surface area contributed by atoms with E-state index in [9.17, 15) is 13.2 Å². The first-order chi connectivity index (χ1) is 13.2. The number of piperazine rings is 1. The van der Waals surface area contributed by atoms with Crippen molar-refractivity contribution >= 4 is 37.7 Å². The van der Waals surface area contributed by atoms with E-state index in [4.69, 9.17) is 9.54 Å². The molecule has 2 aromatic heterocycles. The van der Waals surface area contributed by atoms with Gasteiger partial charge in [-0.2, -0.15) is 8.42 Å². The molecular weight excluding hydrogens is 380 g/mol. The van der Waals surface area contributed by atoms with Crippen molar-refractivity contribution in [2.24, 2.45) is 0 Å². The summed E-state index contributed by atoms with van der Waals surface area (Å²) >= 11 is 0. The predicted molar refractivity (Wildman–Crippen MR) is 110 cm³/mol. The molecule has 5 rings (SSSR count). The molecule has 1 aromatic carbocycles. The summed E-state index contributed by atoms with van der Waals surface area (Å²) in [5.74, 6) is 1.02. The van der Waals surface area contributed by atoms with Gasteiger partial charge in [-0.25, -0.2) is 4.98 Å². The summed E-state index contributed by atoms with van der Waals surface area (Å²) < 4.78 is 25.9. The molecule has 4 heterocycles. The Morgan fingerprint density at radius 3 is 2.39 bits per heavy atom. The maximum Gasteiger partial charge on any atom is 0.261 e. The third-order valence-corrected chi connectivity index (χ3v) is 5.36. The van der Waals surface area contributed by atoms with Gasteiger partial charge in [0.1, 0.15) is 5.82 Å². The highest BCUT2D eigenvalue weighted by Gasteiger charge is 2.41. The average molecular weight is 402 g/mol. The molecule has 148 valence electrons. The minimum absolute atomic E-state index is 0.0514. The van der Waals surface area contributed by atoms with Crippen LogP contribution in [0.25, 0.3) is 21.8 Å². The van der Waals surface area contributed by atoms with E-state index >= 15 is 0 Å². The SMILES string of the molecule is CN1C[C@H]2C[C@@H]1CN2c1ccc2[nH]c(=O)c3ccccc3c2n1.CS(=O)(=O)O. The Morgan fingerprint density at radius 1 is 1.11 bits per heavy atom. The summed E-state index contributed by atoms with van der Waals surface area (Å²) in [6.07, 6.45) is 1.94. The molecule has 2 bridgehead atoms. The number of fused-ring (bicyclic) bond motifs is 5. The molecule has 2 fully saturated rings. The lowest BCUT2D eigenvalue weighted by molar-refractivity contribution is 0.292. The highest BCUT2D eigenvalue weighted by atomic mass is 32.2. The quantitative estimate of drug-likeness (QED) is 0.469. The van der Waals surface area contributed by atoms with Crippen LogP contribution in [0.2, 0.25) is 0 Å². The number of nitrogens with one attached hydrogen (secondary N) is 1. The van der Waals surface area contributed by atoms with Gasteiger partial charge in [-0.3, -0.25) is 14.2 Å². The molecule has 0 radical (unpaired) electrons. The molecule has 2 saturated heterocycles. The van der Waals surface area contributed by atoms with Gasteiger partial charge in [0.2, 0.25) is 0 Å². The van der Waals surface area contributed by atoms with Crippen molar-refractivity contribution < 1.29 is 13.0 Å². The maximum atomic E-state index is 12.2. The van der Waals surface area contributed by atoms with Crippen molar-refractivity contribution in [1.29, 1.82) is 0 Å². The lowest BCUT2D eigenvalue weighted by atomic mass is 10.1. The van der Waals surface area contributed by atoms with Gasteiger partial charge in [0.25, 0.3) is 15.7 Å². The summed E-state index contributed by atoms with van der Waals surface area (Å²) in [5.41, 5.74) is 1.64. The smallest absolute Gasteiger partial charge is 0.261 e. The van der Waals surface area contributed by atoms with Gasteiger partial charge in [-0.05, 0) is 31.7 Å². The van der Waals surface area contributed by atoms with Crippen molar-refractivity contribution in [1.82, 2.24) is 14.9 Å². The summed E-state index contributed by atoms with van der Waals surface area (Å²) in [7, 11) is -1.46. The van der Waals surface area contributed by atoms with Crippen LogP contribution in [0, 0.1) is 0 Å². The third-order valence-electron chi connectivity index (χ3n) is 5.36. The number of benzene rings is 1. The van der Waals surface area contributed by atoms with Crippen molar-refractivity contribution in [3.8, 4) is 0 Å². The summed E-state index contributed by atoms with van der Waals surface area (Å²) in [5, 5.41) is 1.63. The lowest BCUT2D eigenvalue weighted by Gasteiger charge is -2.32. The van der Waals surface area contributed by atoms with Crippen molar-refractivity contribution in [2.75, 3.05) is 31.3 Å². The number of H-pyrrole nitrogens is 1. The van der Waals surface area contributed by atoms with Gasteiger partial charge in [0.15, 0.2) is 0 Å². The van der Waals surface area contributed by atoms with Gasteiger partial charge in [0.05, 0.1) is 17.3 Å². The van der Waals surface area contributed by atoms with E-state index in [1.165, 1.54) is 6.42 Å². The van der Waals surface area contributed by atoms with Crippen LogP contribution >= 0.6 is 0 Å². The molecule has 9 heteroatoms. The lowest BCUT2D eigenvalue weighted by Crippen LogP contribution is -2.44. The van der Waals surface area contributed by atoms with Crippen LogP contribution in [-0.4, -0.2) is 66.3 Å². The Labute approximate surface area is 162 Å². The fourth-order valence-electron chi connectivity index (χ4n) is 4.14. The van der Waals surface area contributed by atoms with Crippen LogP contribution in [0.1, 0.15) is 6.42 Å². The Bertz CT molecular complexity index is 1200. The van der Waals surface area contributed by atoms with E-state index in [1.807, 2.05) is 36.4 Å². The molecule has 8 nitrogen and oxygen atoms in total. The molecule has 2 aliphatic rings. The van der Waals surface area contributed by atoms with Gasteiger partial charge in [-0.1, -0.05) is 18.2 Å². The number of aromatic nitrogens is 2. The second-order valence-corrected chi connectivity index (χ2v) is 8.90. The highest BCUT2D eigenvalue weighted by Crippen LogP contribution is 2.33. The molecule has 0 spiro atoms. The van der Waals surface area contributed by atoms with E-state index in [0.29, 0.717) is 23.7 Å². The molecule has 2 aliphatic heterocycles. The summed E-state index contributed by atoms with van der Waals surface area (Å²) in [4.78, 5) is 24.9. The molecule has 3 aromatic rings. The second-order valence-electron chi connectivity index (χ2n) is 7.43. The number of nitrogens with zero attached hydrogens (tertiary/aromatic N) is 3. The highest BCUT2D eigenvalue weighted by molar-refractivity contribution is 7.85. The van der Waals surface area contributed by atoms with Gasteiger partial charge in [0, 0.05) is 35.9 Å². The predicted octanol–water partition coefficient (Wildman–Crippen LogP) is 1.47. The monoisotopic (exact) mass is 402 g/mol. The summed E-state index contributed by atoms with van der Waals surface area (Å²) in [6, 6.07) is 12.9. The Hall–Kier alpha value is -2.49. The van der Waals surface area contributed by atoms with Crippen LogP contribution in [0.5, 0.6) is 0 Å². The van der Waals surface area contributed by atoms with Crippen molar-refractivity contribution in [3.05, 3.63) is 46.8 Å². The number of hydrogen-bond donors (Lipinski definition) is 2. The summed E-state index contributed by atoms with van der Waals surface area (Å²) in [6.45, 7) is 2.15. The first kappa shape index (κ1) is 18.9. The molecule has 0 saturated carbocycles. The minimum atomic E-state index is -3.67. The molecule has 0 amide bonds.